The molecule has 0 aromatic heterocycles. The summed E-state index contributed by atoms with van der Waals surface area (Å²) in [5.41, 5.74) is 9.11. The summed E-state index contributed by atoms with van der Waals surface area (Å²) >= 11 is 0. The van der Waals surface area contributed by atoms with E-state index < -0.39 is 5.82 Å². The van der Waals surface area contributed by atoms with Gasteiger partial charge >= 0.3 is 0 Å². The number of nitrogen functional groups attached to an aromatic ring is 1. The summed E-state index contributed by atoms with van der Waals surface area (Å²) in [6.07, 6.45) is 10.3. The fourth-order valence-corrected chi connectivity index (χ4v) is 6.63. The van der Waals surface area contributed by atoms with Crippen molar-refractivity contribution in [2.45, 2.75) is 70.3 Å². The molecule has 6 rings (SSSR count). The van der Waals surface area contributed by atoms with E-state index in [-0.39, 0.29) is 29.5 Å². The third-order valence-corrected chi connectivity index (χ3v) is 9.09. The first-order valence-electron chi connectivity index (χ1n) is 14.4. The van der Waals surface area contributed by atoms with Gasteiger partial charge in [-0.25, -0.2) is 4.39 Å². The lowest BCUT2D eigenvalue weighted by Gasteiger charge is -2.37. The molecule has 3 unspecified atom stereocenters. The topological polar surface area (TPSA) is 80.0 Å². The number of ether oxygens (including phenoxy) is 1. The van der Waals surface area contributed by atoms with Crippen molar-refractivity contribution < 1.29 is 13.9 Å². The molecule has 3 N–H and O–H groups in total. The minimum Gasteiger partial charge on any atom is -0.454 e. The zero-order valence-corrected chi connectivity index (χ0v) is 22.3. The minimum absolute atomic E-state index is 0.00616. The van der Waals surface area contributed by atoms with Gasteiger partial charge in [0.15, 0.2) is 5.75 Å². The van der Waals surface area contributed by atoms with Gasteiger partial charge in [0.2, 0.25) is 5.91 Å². The van der Waals surface area contributed by atoms with Gasteiger partial charge in [-0.1, -0.05) is 12.1 Å². The molecule has 1 saturated carbocycles. The van der Waals surface area contributed by atoms with E-state index in [0.29, 0.717) is 11.7 Å². The molecule has 0 radical (unpaired) electrons. The normalized spacial score (nSPS) is 26.1. The zero-order chi connectivity index (χ0) is 26.2. The third kappa shape index (κ3) is 4.93. The highest BCUT2D eigenvalue weighted by molar-refractivity contribution is 5.98. The van der Waals surface area contributed by atoms with Crippen molar-refractivity contribution in [3.63, 3.8) is 0 Å². The lowest BCUT2D eigenvalue weighted by molar-refractivity contribution is -0.120. The van der Waals surface area contributed by atoms with E-state index in [1.54, 1.807) is 12.1 Å². The monoisotopic (exact) mass is 518 g/mol. The Bertz CT molecular complexity index is 1220. The van der Waals surface area contributed by atoms with Crippen molar-refractivity contribution in [3.8, 4) is 11.5 Å². The van der Waals surface area contributed by atoms with Crippen LogP contribution < -0.4 is 20.7 Å². The van der Waals surface area contributed by atoms with Gasteiger partial charge in [-0.15, -0.1) is 0 Å². The van der Waals surface area contributed by atoms with Crippen LogP contribution in [0.25, 0.3) is 0 Å². The summed E-state index contributed by atoms with van der Waals surface area (Å²) in [6, 6.07) is 9.03. The van der Waals surface area contributed by atoms with Crippen LogP contribution in [-0.4, -0.2) is 37.8 Å². The molecule has 2 aromatic rings. The molecule has 0 bridgehead atoms. The van der Waals surface area contributed by atoms with Gasteiger partial charge in [-0.3, -0.25) is 9.79 Å². The number of halogens is 1. The predicted octanol–water partition coefficient (Wildman–Crippen LogP) is 5.84. The second kappa shape index (κ2) is 10.7. The lowest BCUT2D eigenvalue weighted by Crippen LogP contribution is -2.43. The summed E-state index contributed by atoms with van der Waals surface area (Å²) in [5.74, 6) is 2.32. The van der Waals surface area contributed by atoms with E-state index in [9.17, 15) is 9.18 Å². The van der Waals surface area contributed by atoms with Gasteiger partial charge in [-0.2, -0.15) is 0 Å². The number of nitrogens with one attached hydrogen (secondary N) is 1. The molecule has 3 aliphatic heterocycles. The molecule has 6 nitrogen and oxygen atoms in total. The van der Waals surface area contributed by atoms with Gasteiger partial charge in [0, 0.05) is 41.8 Å². The van der Waals surface area contributed by atoms with Crippen molar-refractivity contribution in [1.29, 1.82) is 0 Å². The Morgan fingerprint density at radius 1 is 1.05 bits per heavy atom. The van der Waals surface area contributed by atoms with Crippen LogP contribution in [0.1, 0.15) is 68.9 Å². The molecular weight excluding hydrogens is 479 g/mol. The minimum atomic E-state index is -0.492. The van der Waals surface area contributed by atoms with Crippen LogP contribution in [0.15, 0.2) is 35.3 Å². The van der Waals surface area contributed by atoms with Gasteiger partial charge in [-0.05, 0) is 101 Å². The maximum atomic E-state index is 14.4. The first-order valence-corrected chi connectivity index (χ1v) is 14.4. The number of rotatable bonds is 5. The molecule has 1 amide bonds. The number of aliphatic imine (C=N–C) groups is 1. The van der Waals surface area contributed by atoms with E-state index in [1.807, 2.05) is 4.90 Å². The Labute approximate surface area is 224 Å². The summed E-state index contributed by atoms with van der Waals surface area (Å²) in [7, 11) is 0. The Kier molecular flexibility index (Phi) is 7.12. The Morgan fingerprint density at radius 2 is 1.87 bits per heavy atom. The van der Waals surface area contributed by atoms with E-state index in [4.69, 9.17) is 15.5 Å². The first-order chi connectivity index (χ1) is 18.5. The van der Waals surface area contributed by atoms with E-state index >= 15 is 0 Å². The largest absolute Gasteiger partial charge is 0.454 e. The second-order valence-corrected chi connectivity index (χ2v) is 11.7. The standard InChI is InChI=1S/C31H39FN4O2/c1-19-5-10-25-27(36(19)31(37)21-6-7-21)12-11-24(30(25)38-28-4-2-3-26(32)29(28)33)23-9-8-22(17-35-18-23)20-13-15-34-16-14-20/h2-4,11-12,18-23,34H,5-10,13-17,33H2,1H3. The van der Waals surface area contributed by atoms with Gasteiger partial charge in [0.1, 0.15) is 17.3 Å². The number of carbonyl (C=O) groups excluding carboxylic acids is 1. The number of fused-ring (bicyclic) bond motifs is 1. The molecule has 4 aliphatic rings. The van der Waals surface area contributed by atoms with Crippen LogP contribution in [0, 0.1) is 23.6 Å². The smallest absolute Gasteiger partial charge is 0.230 e. The SMILES string of the molecule is CC1CCc2c(ccc(C3C=NCC(C4CCNCC4)CC3)c2Oc2cccc(F)c2N)N1C(=O)C1CC1. The molecule has 38 heavy (non-hydrogen) atoms. The predicted molar refractivity (Wildman–Crippen MR) is 150 cm³/mol. The molecule has 7 heteroatoms. The maximum absolute atomic E-state index is 14.4. The summed E-state index contributed by atoms with van der Waals surface area (Å²) < 4.78 is 20.9. The van der Waals surface area contributed by atoms with Crippen molar-refractivity contribution in [3.05, 3.63) is 47.3 Å². The summed E-state index contributed by atoms with van der Waals surface area (Å²) in [5, 5.41) is 3.48. The fourth-order valence-electron chi connectivity index (χ4n) is 6.63. The van der Waals surface area contributed by atoms with E-state index in [1.165, 1.54) is 18.9 Å². The molecule has 3 atom stereocenters. The fraction of sp³-hybridized carbons (Fsp3) is 0.548. The first kappa shape index (κ1) is 25.4. The molecular formula is C31H39FN4O2. The number of carbonyl (C=O) groups is 1. The highest BCUT2D eigenvalue weighted by Gasteiger charge is 2.39. The number of nitrogens with zero attached hydrogens (tertiary/aromatic N) is 2. The number of amides is 1. The maximum Gasteiger partial charge on any atom is 0.230 e. The number of hydrogen-bond donors (Lipinski definition) is 2. The molecule has 202 valence electrons. The van der Waals surface area contributed by atoms with E-state index in [0.717, 1.165) is 86.6 Å². The van der Waals surface area contributed by atoms with Crippen LogP contribution in [0.2, 0.25) is 0 Å². The molecule has 3 heterocycles. The van der Waals surface area contributed by atoms with Crippen LogP contribution in [0.3, 0.4) is 0 Å². The lowest BCUT2D eigenvalue weighted by atomic mass is 9.80. The molecule has 0 spiro atoms. The zero-order valence-electron chi connectivity index (χ0n) is 22.3. The van der Waals surface area contributed by atoms with Gasteiger partial charge in [0.25, 0.3) is 0 Å². The number of benzene rings is 2. The number of piperidine rings is 1. The average Bonchev–Trinajstić information content (AvgIpc) is 3.79. The van der Waals surface area contributed by atoms with Crippen LogP contribution in [-0.2, 0) is 11.2 Å². The average molecular weight is 519 g/mol. The van der Waals surface area contributed by atoms with E-state index in [2.05, 4.69) is 30.6 Å². The third-order valence-electron chi connectivity index (χ3n) is 9.09. The van der Waals surface area contributed by atoms with Gasteiger partial charge < -0.3 is 20.7 Å². The van der Waals surface area contributed by atoms with Crippen molar-refractivity contribution in [2.75, 3.05) is 30.3 Å². The van der Waals surface area contributed by atoms with Crippen molar-refractivity contribution in [2.24, 2.45) is 22.7 Å². The quantitative estimate of drug-likeness (QED) is 0.487. The van der Waals surface area contributed by atoms with Crippen molar-refractivity contribution in [1.82, 2.24) is 5.32 Å². The van der Waals surface area contributed by atoms with Gasteiger partial charge in [0.05, 0.1) is 5.69 Å². The highest BCUT2D eigenvalue weighted by Crippen LogP contribution is 2.47. The highest BCUT2D eigenvalue weighted by atomic mass is 19.1. The Hall–Kier alpha value is -2.93. The van der Waals surface area contributed by atoms with Crippen LogP contribution in [0.5, 0.6) is 11.5 Å². The summed E-state index contributed by atoms with van der Waals surface area (Å²) in [4.78, 5) is 20.2. The summed E-state index contributed by atoms with van der Waals surface area (Å²) in [6.45, 7) is 5.20. The second-order valence-electron chi connectivity index (χ2n) is 11.7. The Balaban J connectivity index is 1.37. The molecule has 1 aliphatic carbocycles. The number of anilines is 2. The molecule has 1 saturated heterocycles. The number of nitrogens with two attached hydrogens (primary N) is 1. The number of hydrogen-bond acceptors (Lipinski definition) is 5. The van der Waals surface area contributed by atoms with Crippen LogP contribution in [0.4, 0.5) is 15.8 Å². The number of para-hydroxylation sites is 1. The van der Waals surface area contributed by atoms with Crippen molar-refractivity contribution >= 4 is 23.5 Å². The molecule has 2 fully saturated rings. The Morgan fingerprint density at radius 3 is 2.66 bits per heavy atom. The molecule has 2 aromatic carbocycles. The van der Waals surface area contributed by atoms with Crippen LogP contribution >= 0.6 is 0 Å².